The van der Waals surface area contributed by atoms with E-state index < -0.39 is 0 Å². The van der Waals surface area contributed by atoms with Crippen molar-refractivity contribution in [3.8, 4) is 16.9 Å². The van der Waals surface area contributed by atoms with Gasteiger partial charge in [0, 0.05) is 45.8 Å². The standard InChI is InChI=1S/C27H23Cl2NO3/c1-17(12-27(31)30-11-10-18-6-4-3-5-7-18)21-14-22-23(16-33-26(22)15-25(21)32-2)20-9-8-19(28)13-24(20)29/h3-9,12-16H,10-11H2,1-2H3,(H,30,31)/b17-12+. The molecule has 33 heavy (non-hydrogen) atoms. The van der Waals surface area contributed by atoms with Crippen LogP contribution in [-0.2, 0) is 11.2 Å². The second-order valence-electron chi connectivity index (χ2n) is 7.68. The van der Waals surface area contributed by atoms with Crippen molar-refractivity contribution in [3.63, 3.8) is 0 Å². The van der Waals surface area contributed by atoms with Crippen molar-refractivity contribution >= 4 is 45.7 Å². The third-order valence-corrected chi connectivity index (χ3v) is 5.99. The van der Waals surface area contributed by atoms with Crippen molar-refractivity contribution in [2.75, 3.05) is 13.7 Å². The van der Waals surface area contributed by atoms with Crippen LogP contribution in [0.3, 0.4) is 0 Å². The van der Waals surface area contributed by atoms with E-state index in [1.165, 1.54) is 5.56 Å². The van der Waals surface area contributed by atoms with Gasteiger partial charge in [0.25, 0.3) is 0 Å². The Morgan fingerprint density at radius 3 is 2.58 bits per heavy atom. The van der Waals surface area contributed by atoms with Crippen LogP contribution in [0.4, 0.5) is 0 Å². The molecule has 168 valence electrons. The van der Waals surface area contributed by atoms with Crippen LogP contribution >= 0.6 is 23.2 Å². The first-order valence-corrected chi connectivity index (χ1v) is 11.3. The molecular formula is C27H23Cl2NO3. The fourth-order valence-electron chi connectivity index (χ4n) is 3.75. The van der Waals surface area contributed by atoms with Crippen molar-refractivity contribution in [3.05, 3.63) is 94.2 Å². The topological polar surface area (TPSA) is 51.5 Å². The molecule has 0 atom stereocenters. The van der Waals surface area contributed by atoms with E-state index in [0.717, 1.165) is 34.1 Å². The summed E-state index contributed by atoms with van der Waals surface area (Å²) in [7, 11) is 1.60. The number of carbonyl (C=O) groups excluding carboxylic acids is 1. The highest BCUT2D eigenvalue weighted by Crippen LogP contribution is 2.40. The SMILES string of the molecule is COc1cc2occ(-c3ccc(Cl)cc3Cl)c2cc1/C(C)=C/C(=O)NCCc1ccccc1. The lowest BCUT2D eigenvalue weighted by atomic mass is 9.99. The zero-order valence-corrected chi connectivity index (χ0v) is 19.8. The van der Waals surface area contributed by atoms with Gasteiger partial charge in [-0.05, 0) is 42.7 Å². The van der Waals surface area contributed by atoms with Gasteiger partial charge in [-0.1, -0.05) is 59.6 Å². The van der Waals surface area contributed by atoms with Crippen LogP contribution in [0.5, 0.6) is 5.75 Å². The number of halogens is 2. The molecule has 4 nitrogen and oxygen atoms in total. The summed E-state index contributed by atoms with van der Waals surface area (Å²) in [6.07, 6.45) is 4.02. The lowest BCUT2D eigenvalue weighted by Crippen LogP contribution is -2.23. The van der Waals surface area contributed by atoms with Gasteiger partial charge in [0.2, 0.25) is 5.91 Å². The maximum Gasteiger partial charge on any atom is 0.244 e. The number of ether oxygens (including phenoxy) is 1. The maximum absolute atomic E-state index is 12.5. The fraction of sp³-hybridized carbons (Fsp3) is 0.148. The predicted molar refractivity (Wildman–Crippen MR) is 135 cm³/mol. The summed E-state index contributed by atoms with van der Waals surface area (Å²) in [5.41, 5.74) is 5.08. The number of rotatable bonds is 7. The van der Waals surface area contributed by atoms with Gasteiger partial charge in [0.15, 0.2) is 0 Å². The number of fused-ring (bicyclic) bond motifs is 1. The number of hydrogen-bond acceptors (Lipinski definition) is 3. The minimum atomic E-state index is -0.154. The smallest absolute Gasteiger partial charge is 0.244 e. The molecule has 0 spiro atoms. The molecule has 6 heteroatoms. The highest BCUT2D eigenvalue weighted by molar-refractivity contribution is 6.36. The van der Waals surface area contributed by atoms with E-state index in [9.17, 15) is 4.79 Å². The Bertz CT molecular complexity index is 1330. The Kier molecular flexibility index (Phi) is 7.07. The van der Waals surface area contributed by atoms with Gasteiger partial charge in [-0.3, -0.25) is 4.79 Å². The third kappa shape index (κ3) is 5.24. The quantitative estimate of drug-likeness (QED) is 0.285. The Labute approximate surface area is 202 Å². The van der Waals surface area contributed by atoms with Crippen LogP contribution in [0.2, 0.25) is 10.0 Å². The summed E-state index contributed by atoms with van der Waals surface area (Å²) in [6.45, 7) is 2.44. The van der Waals surface area contributed by atoms with Crippen LogP contribution in [0, 0.1) is 0 Å². The Balaban J connectivity index is 1.60. The molecule has 1 heterocycles. The number of nitrogens with one attached hydrogen (secondary N) is 1. The van der Waals surface area contributed by atoms with E-state index >= 15 is 0 Å². The van der Waals surface area contributed by atoms with Crippen LogP contribution < -0.4 is 10.1 Å². The van der Waals surface area contributed by atoms with Crippen molar-refractivity contribution < 1.29 is 13.9 Å². The number of furan rings is 1. The summed E-state index contributed by atoms with van der Waals surface area (Å²) in [5.74, 6) is 0.468. The minimum Gasteiger partial charge on any atom is -0.496 e. The van der Waals surface area contributed by atoms with E-state index in [-0.39, 0.29) is 5.91 Å². The van der Waals surface area contributed by atoms with E-state index in [1.807, 2.05) is 55.5 Å². The van der Waals surface area contributed by atoms with Gasteiger partial charge in [-0.25, -0.2) is 0 Å². The Hall–Kier alpha value is -3.21. The molecule has 4 rings (SSSR count). The third-order valence-electron chi connectivity index (χ3n) is 5.45. The van der Waals surface area contributed by atoms with Crippen molar-refractivity contribution in [1.29, 1.82) is 0 Å². The van der Waals surface area contributed by atoms with Crippen molar-refractivity contribution in [2.24, 2.45) is 0 Å². The molecule has 0 unspecified atom stereocenters. The molecule has 0 fully saturated rings. The molecular weight excluding hydrogens is 457 g/mol. The van der Waals surface area contributed by atoms with Crippen LogP contribution in [0.25, 0.3) is 27.7 Å². The summed E-state index contributed by atoms with van der Waals surface area (Å²) in [5, 5.41) is 4.92. The molecule has 1 amide bonds. The number of benzene rings is 3. The number of methoxy groups -OCH3 is 1. The van der Waals surface area contributed by atoms with Gasteiger partial charge in [-0.15, -0.1) is 0 Å². The van der Waals surface area contributed by atoms with Crippen molar-refractivity contribution in [2.45, 2.75) is 13.3 Å². The Morgan fingerprint density at radius 1 is 1.06 bits per heavy atom. The average molecular weight is 480 g/mol. The first kappa shape index (κ1) is 23.0. The largest absolute Gasteiger partial charge is 0.496 e. The molecule has 0 saturated carbocycles. The molecule has 0 aliphatic rings. The first-order valence-electron chi connectivity index (χ1n) is 10.5. The summed E-state index contributed by atoms with van der Waals surface area (Å²) in [6, 6.07) is 19.2. The molecule has 0 saturated heterocycles. The molecule has 1 aromatic heterocycles. The molecule has 0 aliphatic heterocycles. The molecule has 3 aromatic carbocycles. The molecule has 0 radical (unpaired) electrons. The Morgan fingerprint density at radius 2 is 1.85 bits per heavy atom. The van der Waals surface area contributed by atoms with Gasteiger partial charge >= 0.3 is 0 Å². The van der Waals surface area contributed by atoms with Gasteiger partial charge in [0.1, 0.15) is 11.3 Å². The second kappa shape index (κ2) is 10.2. The zero-order valence-electron chi connectivity index (χ0n) is 18.3. The lowest BCUT2D eigenvalue weighted by molar-refractivity contribution is -0.116. The zero-order chi connectivity index (χ0) is 23.4. The predicted octanol–water partition coefficient (Wildman–Crippen LogP) is 7.18. The number of carbonyl (C=O) groups is 1. The fourth-order valence-corrected chi connectivity index (χ4v) is 4.26. The molecule has 0 aliphatic carbocycles. The van der Waals surface area contributed by atoms with E-state index in [4.69, 9.17) is 32.4 Å². The summed E-state index contributed by atoms with van der Waals surface area (Å²) < 4.78 is 11.3. The van der Waals surface area contributed by atoms with E-state index in [0.29, 0.717) is 27.9 Å². The van der Waals surface area contributed by atoms with Gasteiger partial charge in [-0.2, -0.15) is 0 Å². The van der Waals surface area contributed by atoms with E-state index in [1.54, 1.807) is 31.6 Å². The molecule has 1 N–H and O–H groups in total. The first-order chi connectivity index (χ1) is 16.0. The number of allylic oxidation sites excluding steroid dienone is 1. The summed E-state index contributed by atoms with van der Waals surface area (Å²) in [4.78, 5) is 12.5. The van der Waals surface area contributed by atoms with Gasteiger partial charge in [0.05, 0.1) is 18.4 Å². The highest BCUT2D eigenvalue weighted by Gasteiger charge is 2.16. The molecule has 0 bridgehead atoms. The normalized spacial score (nSPS) is 11.6. The highest BCUT2D eigenvalue weighted by atomic mass is 35.5. The summed E-state index contributed by atoms with van der Waals surface area (Å²) >= 11 is 12.5. The monoisotopic (exact) mass is 479 g/mol. The number of hydrogen-bond donors (Lipinski definition) is 1. The average Bonchev–Trinajstić information content (AvgIpc) is 3.21. The molecule has 4 aromatic rings. The van der Waals surface area contributed by atoms with Crippen LogP contribution in [0.15, 0.2) is 77.4 Å². The van der Waals surface area contributed by atoms with Crippen LogP contribution in [-0.4, -0.2) is 19.6 Å². The van der Waals surface area contributed by atoms with E-state index in [2.05, 4.69) is 5.32 Å². The van der Waals surface area contributed by atoms with Crippen LogP contribution in [0.1, 0.15) is 18.1 Å². The maximum atomic E-state index is 12.5. The lowest BCUT2D eigenvalue weighted by Gasteiger charge is -2.11. The van der Waals surface area contributed by atoms with Gasteiger partial charge < -0.3 is 14.5 Å². The minimum absolute atomic E-state index is 0.154. The number of amides is 1. The second-order valence-corrected chi connectivity index (χ2v) is 8.52. The van der Waals surface area contributed by atoms with Crippen molar-refractivity contribution in [1.82, 2.24) is 5.32 Å².